The number of hydrogen-bond acceptors (Lipinski definition) is 4. The van der Waals surface area contributed by atoms with E-state index in [0.717, 1.165) is 6.42 Å². The molecule has 2 aromatic rings. The summed E-state index contributed by atoms with van der Waals surface area (Å²) in [6, 6.07) is 0. The molecule has 20 heavy (non-hydrogen) atoms. The number of aryl methyl sites for hydroxylation is 1. The first-order valence-electron chi connectivity index (χ1n) is 6.46. The minimum absolute atomic E-state index is 0.0689. The molecule has 0 aliphatic heterocycles. The van der Waals surface area contributed by atoms with E-state index in [4.69, 9.17) is 4.74 Å². The first-order chi connectivity index (χ1) is 9.29. The van der Waals surface area contributed by atoms with Crippen molar-refractivity contribution in [2.24, 2.45) is 12.5 Å². The number of carboxylic acids is 1. The second-order valence-electron chi connectivity index (χ2n) is 5.97. The van der Waals surface area contributed by atoms with Gasteiger partial charge in [-0.25, -0.2) is 9.78 Å². The molecule has 0 saturated heterocycles. The fraction of sp³-hybridized carbons (Fsp3) is 0.500. The van der Waals surface area contributed by atoms with E-state index in [2.05, 4.69) is 30.9 Å². The van der Waals surface area contributed by atoms with E-state index in [1.165, 1.54) is 6.20 Å². The Hall–Kier alpha value is -2.11. The van der Waals surface area contributed by atoms with Crippen molar-refractivity contribution < 1.29 is 14.6 Å². The summed E-state index contributed by atoms with van der Waals surface area (Å²) in [7, 11) is 1.76. The summed E-state index contributed by atoms with van der Waals surface area (Å²) in [5.41, 5.74) is 0.810. The largest absolute Gasteiger partial charge is 0.492 e. The molecule has 0 saturated carbocycles. The molecule has 2 heterocycles. The van der Waals surface area contributed by atoms with Gasteiger partial charge in [0.05, 0.1) is 18.2 Å². The number of fused-ring (bicyclic) bond motifs is 1. The predicted molar refractivity (Wildman–Crippen MR) is 75.0 cm³/mol. The summed E-state index contributed by atoms with van der Waals surface area (Å²) >= 11 is 0. The average Bonchev–Trinajstić information content (AvgIpc) is 2.70. The molecule has 1 N–H and O–H groups in total. The number of carbonyl (C=O) groups is 1. The maximum absolute atomic E-state index is 11.3. The molecular formula is C14H19N3O3. The van der Waals surface area contributed by atoms with Crippen LogP contribution in [-0.4, -0.2) is 32.4 Å². The Morgan fingerprint density at radius 3 is 2.70 bits per heavy atom. The number of pyridine rings is 1. The highest BCUT2D eigenvalue weighted by Crippen LogP contribution is 2.29. The molecule has 0 radical (unpaired) electrons. The van der Waals surface area contributed by atoms with Crippen LogP contribution in [0.15, 0.2) is 12.4 Å². The number of carboxylic acid groups (broad SMARTS) is 1. The van der Waals surface area contributed by atoms with E-state index in [1.807, 2.05) is 0 Å². The smallest absolute Gasteiger partial charge is 0.341 e. The van der Waals surface area contributed by atoms with Gasteiger partial charge in [-0.3, -0.25) is 4.68 Å². The molecule has 0 fully saturated rings. The van der Waals surface area contributed by atoms with Gasteiger partial charge in [0.1, 0.15) is 11.3 Å². The Balaban J connectivity index is 2.37. The first-order valence-corrected chi connectivity index (χ1v) is 6.46. The zero-order valence-electron chi connectivity index (χ0n) is 12.2. The fourth-order valence-corrected chi connectivity index (χ4v) is 1.84. The van der Waals surface area contributed by atoms with Gasteiger partial charge in [-0.1, -0.05) is 20.8 Å². The summed E-state index contributed by atoms with van der Waals surface area (Å²) in [5.74, 6) is -0.700. The lowest BCUT2D eigenvalue weighted by molar-refractivity contribution is 0.0691. The SMILES string of the molecule is Cn1ncc2c(OCCC(C)(C)C)c(C(=O)O)cnc21. The number of nitrogens with zero attached hydrogens (tertiary/aromatic N) is 3. The van der Waals surface area contributed by atoms with Crippen LogP contribution in [0.25, 0.3) is 11.0 Å². The molecule has 2 aromatic heterocycles. The molecule has 6 heteroatoms. The number of hydrogen-bond donors (Lipinski definition) is 1. The van der Waals surface area contributed by atoms with Crippen LogP contribution >= 0.6 is 0 Å². The van der Waals surface area contributed by atoms with Gasteiger partial charge in [0.15, 0.2) is 5.65 Å². The van der Waals surface area contributed by atoms with E-state index in [0.29, 0.717) is 23.4 Å². The predicted octanol–water partition coefficient (Wildman–Crippen LogP) is 2.48. The van der Waals surface area contributed by atoms with Gasteiger partial charge in [0.25, 0.3) is 0 Å². The molecule has 0 unspecified atom stereocenters. The van der Waals surface area contributed by atoms with Gasteiger partial charge in [-0.15, -0.1) is 0 Å². The van der Waals surface area contributed by atoms with Crippen molar-refractivity contribution in [1.29, 1.82) is 0 Å². The highest BCUT2D eigenvalue weighted by molar-refractivity contribution is 5.97. The van der Waals surface area contributed by atoms with Crippen LogP contribution in [0.1, 0.15) is 37.6 Å². The Morgan fingerprint density at radius 2 is 2.10 bits per heavy atom. The Labute approximate surface area is 117 Å². The zero-order valence-corrected chi connectivity index (χ0v) is 12.2. The van der Waals surface area contributed by atoms with Crippen molar-refractivity contribution in [2.45, 2.75) is 27.2 Å². The maximum Gasteiger partial charge on any atom is 0.341 e. The summed E-state index contributed by atoms with van der Waals surface area (Å²) in [5, 5.41) is 14.0. The minimum atomic E-state index is -1.05. The van der Waals surface area contributed by atoms with Gasteiger partial charge in [0, 0.05) is 13.2 Å². The maximum atomic E-state index is 11.3. The van der Waals surface area contributed by atoms with E-state index >= 15 is 0 Å². The van der Waals surface area contributed by atoms with Crippen LogP contribution in [0.4, 0.5) is 0 Å². The van der Waals surface area contributed by atoms with Gasteiger partial charge in [0.2, 0.25) is 0 Å². The summed E-state index contributed by atoms with van der Waals surface area (Å²) < 4.78 is 7.32. The van der Waals surface area contributed by atoms with Crippen molar-refractivity contribution in [2.75, 3.05) is 6.61 Å². The van der Waals surface area contributed by atoms with Gasteiger partial charge in [-0.2, -0.15) is 5.10 Å². The average molecular weight is 277 g/mol. The molecule has 0 spiro atoms. The third kappa shape index (κ3) is 2.89. The van der Waals surface area contributed by atoms with Gasteiger partial charge in [-0.05, 0) is 11.8 Å². The summed E-state index contributed by atoms with van der Waals surface area (Å²) in [6.07, 6.45) is 3.73. The third-order valence-corrected chi connectivity index (χ3v) is 3.04. The fourth-order valence-electron chi connectivity index (χ4n) is 1.84. The number of rotatable bonds is 4. The molecule has 0 aliphatic rings. The normalized spacial score (nSPS) is 11.8. The highest BCUT2D eigenvalue weighted by atomic mass is 16.5. The first kappa shape index (κ1) is 14.3. The van der Waals surface area contributed by atoms with Crippen LogP contribution in [0.2, 0.25) is 0 Å². The lowest BCUT2D eigenvalue weighted by Gasteiger charge is -2.18. The monoisotopic (exact) mass is 277 g/mol. The van der Waals surface area contributed by atoms with Crippen molar-refractivity contribution in [3.8, 4) is 5.75 Å². The Morgan fingerprint density at radius 1 is 1.40 bits per heavy atom. The molecule has 2 rings (SSSR count). The van der Waals surface area contributed by atoms with E-state index in [-0.39, 0.29) is 11.0 Å². The van der Waals surface area contributed by atoms with Crippen molar-refractivity contribution >= 4 is 17.0 Å². The van der Waals surface area contributed by atoms with Gasteiger partial charge < -0.3 is 9.84 Å². The molecule has 0 amide bonds. The zero-order chi connectivity index (χ0) is 14.9. The third-order valence-electron chi connectivity index (χ3n) is 3.04. The van der Waals surface area contributed by atoms with Crippen LogP contribution in [0, 0.1) is 5.41 Å². The lowest BCUT2D eigenvalue weighted by atomic mass is 9.93. The van der Waals surface area contributed by atoms with Crippen LogP contribution < -0.4 is 4.74 Å². The molecule has 108 valence electrons. The summed E-state index contributed by atoms with van der Waals surface area (Å²) in [4.78, 5) is 15.4. The topological polar surface area (TPSA) is 77.2 Å². The van der Waals surface area contributed by atoms with Crippen molar-refractivity contribution in [3.63, 3.8) is 0 Å². The van der Waals surface area contributed by atoms with E-state index in [1.54, 1.807) is 17.9 Å². The van der Waals surface area contributed by atoms with Crippen molar-refractivity contribution in [3.05, 3.63) is 18.0 Å². The van der Waals surface area contributed by atoms with Crippen molar-refractivity contribution in [1.82, 2.24) is 14.8 Å². The second-order valence-corrected chi connectivity index (χ2v) is 5.97. The molecule has 0 bridgehead atoms. The standard InChI is InChI=1S/C14H19N3O3/c1-14(2,3)5-6-20-11-9-8-16-17(4)12(9)15-7-10(11)13(18)19/h7-8H,5-6H2,1-4H3,(H,18,19). The number of aromatic carboxylic acids is 1. The molecule has 0 aliphatic carbocycles. The molecule has 6 nitrogen and oxygen atoms in total. The molecule has 0 aromatic carbocycles. The van der Waals surface area contributed by atoms with Gasteiger partial charge >= 0.3 is 5.97 Å². The van der Waals surface area contributed by atoms with Crippen LogP contribution in [-0.2, 0) is 7.05 Å². The quantitative estimate of drug-likeness (QED) is 0.929. The number of ether oxygens (including phenoxy) is 1. The van der Waals surface area contributed by atoms with E-state index in [9.17, 15) is 9.90 Å². The van der Waals surface area contributed by atoms with Crippen LogP contribution in [0.5, 0.6) is 5.75 Å². The molecule has 0 atom stereocenters. The Bertz CT molecular complexity index is 641. The van der Waals surface area contributed by atoms with Crippen LogP contribution in [0.3, 0.4) is 0 Å². The number of aromatic nitrogens is 3. The second kappa shape index (κ2) is 5.11. The van der Waals surface area contributed by atoms with E-state index < -0.39 is 5.97 Å². The Kier molecular flexibility index (Phi) is 3.65. The summed E-state index contributed by atoms with van der Waals surface area (Å²) in [6.45, 7) is 6.79. The minimum Gasteiger partial charge on any atom is -0.492 e. The molecular weight excluding hydrogens is 258 g/mol. The highest BCUT2D eigenvalue weighted by Gasteiger charge is 2.19. The lowest BCUT2D eigenvalue weighted by Crippen LogP contribution is -2.13.